The van der Waals surface area contributed by atoms with Crippen LogP contribution in [0.2, 0.25) is 0 Å². The van der Waals surface area contributed by atoms with Crippen molar-refractivity contribution in [2.24, 2.45) is 0 Å². The molecule has 7 nitrogen and oxygen atoms in total. The van der Waals surface area contributed by atoms with Crippen LogP contribution in [-0.2, 0) is 16.1 Å². The molecule has 0 aliphatic heterocycles. The van der Waals surface area contributed by atoms with Crippen LogP contribution in [0, 0.1) is 6.92 Å². The van der Waals surface area contributed by atoms with E-state index in [0.717, 1.165) is 11.3 Å². The van der Waals surface area contributed by atoms with Gasteiger partial charge in [-0.15, -0.1) is 11.8 Å². The Morgan fingerprint density at radius 1 is 1.32 bits per heavy atom. The maximum Gasteiger partial charge on any atom is 0.238 e. The number of hydrogen-bond acceptors (Lipinski definition) is 6. The second kappa shape index (κ2) is 9.12. The lowest BCUT2D eigenvalue weighted by molar-refractivity contribution is -0.118. The summed E-state index contributed by atoms with van der Waals surface area (Å²) in [4.78, 5) is 23.9. The van der Waals surface area contributed by atoms with Gasteiger partial charge >= 0.3 is 0 Å². The Kier molecular flexibility index (Phi) is 6.88. The van der Waals surface area contributed by atoms with Gasteiger partial charge in [0.15, 0.2) is 5.82 Å². The maximum absolute atomic E-state index is 12.0. The monoisotopic (exact) mass is 363 g/mol. The molecule has 25 heavy (non-hydrogen) atoms. The minimum atomic E-state index is -0.385. The van der Waals surface area contributed by atoms with E-state index in [1.54, 1.807) is 27.0 Å². The molecule has 1 heterocycles. The zero-order chi connectivity index (χ0) is 18.2. The normalized spacial score (nSPS) is 11.6. The number of aryl methyl sites for hydroxylation is 1. The number of carbonyl (C=O) groups is 2. The average Bonchev–Trinajstić information content (AvgIpc) is 3.02. The molecule has 0 fully saturated rings. The quantitative estimate of drug-likeness (QED) is 0.748. The molecule has 134 valence electrons. The maximum atomic E-state index is 12.0. The van der Waals surface area contributed by atoms with Crippen molar-refractivity contribution >= 4 is 29.4 Å². The highest BCUT2D eigenvalue weighted by Crippen LogP contribution is 2.14. The SMILES string of the molecule is COc1ccc(CNC(=O)CS[C@H](C)C(=O)Nc2cc(C)on2)cc1. The Labute approximate surface area is 150 Å². The van der Waals surface area contributed by atoms with Crippen molar-refractivity contribution in [1.82, 2.24) is 10.5 Å². The number of methoxy groups -OCH3 is 1. The molecular formula is C17H21N3O4S. The average molecular weight is 363 g/mol. The first-order valence-electron chi connectivity index (χ1n) is 7.73. The molecule has 0 radical (unpaired) electrons. The van der Waals surface area contributed by atoms with Crippen LogP contribution in [0.5, 0.6) is 5.75 Å². The van der Waals surface area contributed by atoms with Gasteiger partial charge in [-0.1, -0.05) is 17.3 Å². The van der Waals surface area contributed by atoms with E-state index in [4.69, 9.17) is 9.26 Å². The highest BCUT2D eigenvalue weighted by Gasteiger charge is 2.16. The zero-order valence-corrected chi connectivity index (χ0v) is 15.2. The molecule has 1 aromatic heterocycles. The fourth-order valence-corrected chi connectivity index (χ4v) is 2.64. The van der Waals surface area contributed by atoms with E-state index in [-0.39, 0.29) is 22.8 Å². The highest BCUT2D eigenvalue weighted by molar-refractivity contribution is 8.01. The highest BCUT2D eigenvalue weighted by atomic mass is 32.2. The van der Waals surface area contributed by atoms with Crippen molar-refractivity contribution in [2.75, 3.05) is 18.2 Å². The molecule has 2 rings (SSSR count). The number of carbonyl (C=O) groups excluding carboxylic acids is 2. The molecule has 8 heteroatoms. The van der Waals surface area contributed by atoms with Gasteiger partial charge in [-0.05, 0) is 31.5 Å². The summed E-state index contributed by atoms with van der Waals surface area (Å²) in [5.41, 5.74) is 0.978. The summed E-state index contributed by atoms with van der Waals surface area (Å²) >= 11 is 1.26. The van der Waals surface area contributed by atoms with Gasteiger partial charge in [0.25, 0.3) is 0 Å². The van der Waals surface area contributed by atoms with Crippen molar-refractivity contribution in [3.8, 4) is 5.75 Å². The number of hydrogen-bond donors (Lipinski definition) is 2. The number of aromatic nitrogens is 1. The molecule has 0 aliphatic carbocycles. The molecule has 0 saturated carbocycles. The summed E-state index contributed by atoms with van der Waals surface area (Å²) in [6, 6.07) is 9.10. The molecule has 2 aromatic rings. The summed E-state index contributed by atoms with van der Waals surface area (Å²) < 4.78 is 9.98. The Balaban J connectivity index is 1.70. The first-order chi connectivity index (χ1) is 12.0. The smallest absolute Gasteiger partial charge is 0.238 e. The Hall–Kier alpha value is -2.48. The number of ether oxygens (including phenoxy) is 1. The summed E-state index contributed by atoms with van der Waals surface area (Å²) in [6.07, 6.45) is 0. The predicted octanol–water partition coefficient (Wildman–Crippen LogP) is 2.37. The van der Waals surface area contributed by atoms with Crippen LogP contribution in [0.15, 0.2) is 34.9 Å². The lowest BCUT2D eigenvalue weighted by Gasteiger charge is -2.10. The Morgan fingerprint density at radius 2 is 2.04 bits per heavy atom. The van der Waals surface area contributed by atoms with E-state index in [0.29, 0.717) is 18.1 Å². The van der Waals surface area contributed by atoms with Gasteiger partial charge < -0.3 is 19.9 Å². The first-order valence-corrected chi connectivity index (χ1v) is 8.78. The predicted molar refractivity (Wildman–Crippen MR) is 96.6 cm³/mol. The molecule has 2 amide bonds. The second-order valence-electron chi connectivity index (χ2n) is 5.39. The molecule has 0 unspecified atom stereocenters. The van der Waals surface area contributed by atoms with Gasteiger partial charge in [0.05, 0.1) is 18.1 Å². The molecule has 2 N–H and O–H groups in total. The molecule has 0 bridgehead atoms. The topological polar surface area (TPSA) is 93.5 Å². The van der Waals surface area contributed by atoms with E-state index in [2.05, 4.69) is 15.8 Å². The molecule has 1 atom stereocenters. The van der Waals surface area contributed by atoms with Gasteiger partial charge in [0.1, 0.15) is 11.5 Å². The lowest BCUT2D eigenvalue weighted by atomic mass is 10.2. The third-order valence-electron chi connectivity index (χ3n) is 3.36. The van der Waals surface area contributed by atoms with Gasteiger partial charge in [0, 0.05) is 12.6 Å². The Bertz CT molecular complexity index is 715. The van der Waals surface area contributed by atoms with Crippen molar-refractivity contribution in [3.05, 3.63) is 41.7 Å². The second-order valence-corrected chi connectivity index (χ2v) is 6.72. The summed E-state index contributed by atoms with van der Waals surface area (Å²) in [5.74, 6) is 1.61. The van der Waals surface area contributed by atoms with E-state index >= 15 is 0 Å². The number of thioether (sulfide) groups is 1. The first kappa shape index (κ1) is 18.9. The van der Waals surface area contributed by atoms with Crippen molar-refractivity contribution in [3.63, 3.8) is 0 Å². The van der Waals surface area contributed by atoms with Crippen LogP contribution < -0.4 is 15.4 Å². The van der Waals surface area contributed by atoms with Crippen molar-refractivity contribution < 1.29 is 18.8 Å². The van der Waals surface area contributed by atoms with Crippen molar-refractivity contribution in [2.45, 2.75) is 25.6 Å². The minimum absolute atomic E-state index is 0.127. The molecule has 0 aliphatic rings. The number of nitrogens with zero attached hydrogens (tertiary/aromatic N) is 1. The van der Waals surface area contributed by atoms with Crippen LogP contribution in [0.25, 0.3) is 0 Å². The van der Waals surface area contributed by atoms with Gasteiger partial charge in [0.2, 0.25) is 11.8 Å². The van der Waals surface area contributed by atoms with Crippen LogP contribution in [0.1, 0.15) is 18.2 Å². The van der Waals surface area contributed by atoms with E-state index in [9.17, 15) is 9.59 Å². The lowest BCUT2D eigenvalue weighted by Crippen LogP contribution is -2.28. The summed E-state index contributed by atoms with van der Waals surface area (Å²) in [6.45, 7) is 3.92. The number of anilines is 1. The number of amides is 2. The van der Waals surface area contributed by atoms with E-state index < -0.39 is 0 Å². The van der Waals surface area contributed by atoms with Gasteiger partial charge in [-0.25, -0.2) is 0 Å². The summed E-state index contributed by atoms with van der Waals surface area (Å²) in [5, 5.41) is 8.79. The minimum Gasteiger partial charge on any atom is -0.497 e. The molecule has 0 saturated heterocycles. The molecule has 1 aromatic carbocycles. The molecule has 0 spiro atoms. The fraction of sp³-hybridized carbons (Fsp3) is 0.353. The number of benzene rings is 1. The standard InChI is InChI=1S/C17H21N3O4S/c1-11-8-15(20-24-11)19-17(22)12(2)25-10-16(21)18-9-13-4-6-14(23-3)7-5-13/h4-8,12H,9-10H2,1-3H3,(H,18,21)(H,19,20,22)/t12-/m1/s1. The Morgan fingerprint density at radius 3 is 2.64 bits per heavy atom. The number of rotatable bonds is 8. The van der Waals surface area contributed by atoms with Crippen LogP contribution >= 0.6 is 11.8 Å². The van der Waals surface area contributed by atoms with Crippen LogP contribution in [0.3, 0.4) is 0 Å². The third-order valence-corrected chi connectivity index (χ3v) is 4.50. The third kappa shape index (κ3) is 6.15. The molecular weight excluding hydrogens is 342 g/mol. The van der Waals surface area contributed by atoms with Gasteiger partial charge in [-0.3, -0.25) is 9.59 Å². The summed E-state index contributed by atoms with van der Waals surface area (Å²) in [7, 11) is 1.61. The van der Waals surface area contributed by atoms with Crippen LogP contribution in [0.4, 0.5) is 5.82 Å². The van der Waals surface area contributed by atoms with E-state index in [1.807, 2.05) is 24.3 Å². The van der Waals surface area contributed by atoms with Crippen molar-refractivity contribution in [1.29, 1.82) is 0 Å². The van der Waals surface area contributed by atoms with E-state index in [1.165, 1.54) is 11.8 Å². The van der Waals surface area contributed by atoms with Gasteiger partial charge in [-0.2, -0.15) is 0 Å². The number of nitrogens with one attached hydrogen (secondary N) is 2. The zero-order valence-electron chi connectivity index (χ0n) is 14.4. The van der Waals surface area contributed by atoms with Crippen LogP contribution in [-0.4, -0.2) is 35.1 Å². The fourth-order valence-electron chi connectivity index (χ4n) is 1.92. The largest absolute Gasteiger partial charge is 0.497 e.